The monoisotopic (exact) mass is 254 g/mol. The van der Waals surface area contributed by atoms with E-state index in [1.54, 1.807) is 48.5 Å². The molecule has 4 heteroatoms. The van der Waals surface area contributed by atoms with Gasteiger partial charge in [0.1, 0.15) is 0 Å². The second-order valence-electron chi connectivity index (χ2n) is 4.10. The average molecular weight is 254 g/mol. The fraction of sp³-hybridized carbons (Fsp3) is 0.0667. The van der Waals surface area contributed by atoms with Gasteiger partial charge >= 0.3 is 11.9 Å². The number of fused-ring (bicyclic) bond motifs is 1. The molecule has 1 aliphatic heterocycles. The summed E-state index contributed by atoms with van der Waals surface area (Å²) >= 11 is 0. The first kappa shape index (κ1) is 11.5. The molecule has 0 atom stereocenters. The first-order chi connectivity index (χ1) is 9.25. The van der Waals surface area contributed by atoms with Crippen molar-refractivity contribution in [2.24, 2.45) is 0 Å². The molecule has 2 aromatic rings. The summed E-state index contributed by atoms with van der Waals surface area (Å²) in [5.41, 5.74) is 1.08. The molecule has 19 heavy (non-hydrogen) atoms. The van der Waals surface area contributed by atoms with E-state index in [2.05, 4.69) is 0 Å². The third-order valence-electron chi connectivity index (χ3n) is 2.87. The van der Waals surface area contributed by atoms with Crippen LogP contribution in [-0.4, -0.2) is 11.9 Å². The van der Waals surface area contributed by atoms with E-state index < -0.39 is 18.2 Å². The standard InChI is InChI=1S/C15H10O4/c16-13-11-8-4-5-9-12(11)14(17)19-15(18-13)10-6-2-1-3-7-10/h1-9,15H. The Hall–Kier alpha value is -2.62. The predicted molar refractivity (Wildman–Crippen MR) is 66.5 cm³/mol. The van der Waals surface area contributed by atoms with Crippen molar-refractivity contribution < 1.29 is 19.1 Å². The van der Waals surface area contributed by atoms with Crippen molar-refractivity contribution in [3.8, 4) is 0 Å². The third-order valence-corrected chi connectivity index (χ3v) is 2.87. The number of ether oxygens (including phenoxy) is 2. The maximum atomic E-state index is 12.0. The van der Waals surface area contributed by atoms with Gasteiger partial charge in [0.05, 0.1) is 11.1 Å². The fourth-order valence-corrected chi connectivity index (χ4v) is 1.93. The number of hydrogen-bond donors (Lipinski definition) is 0. The minimum Gasteiger partial charge on any atom is -0.417 e. The van der Waals surface area contributed by atoms with Gasteiger partial charge in [0, 0.05) is 5.56 Å². The van der Waals surface area contributed by atoms with Gasteiger partial charge in [-0.2, -0.15) is 0 Å². The molecular formula is C15H10O4. The molecule has 1 heterocycles. The first-order valence-corrected chi connectivity index (χ1v) is 5.81. The summed E-state index contributed by atoms with van der Waals surface area (Å²) in [7, 11) is 0. The van der Waals surface area contributed by atoms with Gasteiger partial charge in [-0.05, 0) is 12.1 Å². The second kappa shape index (κ2) is 4.57. The lowest BCUT2D eigenvalue weighted by Crippen LogP contribution is -2.12. The summed E-state index contributed by atoms with van der Waals surface area (Å²) in [6, 6.07) is 15.3. The zero-order chi connectivity index (χ0) is 13.2. The zero-order valence-corrected chi connectivity index (χ0v) is 9.91. The van der Waals surface area contributed by atoms with Crippen molar-refractivity contribution in [3.05, 3.63) is 71.3 Å². The van der Waals surface area contributed by atoms with Crippen LogP contribution in [0.1, 0.15) is 32.6 Å². The predicted octanol–water partition coefficient (Wildman–Crippen LogP) is 2.71. The topological polar surface area (TPSA) is 52.6 Å². The largest absolute Gasteiger partial charge is 0.417 e. The van der Waals surface area contributed by atoms with E-state index in [0.29, 0.717) is 5.56 Å². The van der Waals surface area contributed by atoms with Gasteiger partial charge in [0.15, 0.2) is 0 Å². The Labute approximate surface area is 109 Å². The van der Waals surface area contributed by atoms with E-state index in [1.807, 2.05) is 6.07 Å². The lowest BCUT2D eigenvalue weighted by atomic mass is 10.1. The van der Waals surface area contributed by atoms with Crippen molar-refractivity contribution in [1.82, 2.24) is 0 Å². The van der Waals surface area contributed by atoms with Crippen LogP contribution in [0.5, 0.6) is 0 Å². The van der Waals surface area contributed by atoms with Crippen LogP contribution in [0.2, 0.25) is 0 Å². The second-order valence-corrected chi connectivity index (χ2v) is 4.10. The van der Waals surface area contributed by atoms with Crippen LogP contribution in [0.15, 0.2) is 54.6 Å². The van der Waals surface area contributed by atoms with E-state index in [0.717, 1.165) is 0 Å². The van der Waals surface area contributed by atoms with E-state index >= 15 is 0 Å². The molecule has 0 bridgehead atoms. The van der Waals surface area contributed by atoms with Gasteiger partial charge < -0.3 is 9.47 Å². The Bertz CT molecular complexity index is 597. The zero-order valence-electron chi connectivity index (χ0n) is 9.91. The lowest BCUT2D eigenvalue weighted by Gasteiger charge is -2.14. The molecular weight excluding hydrogens is 244 g/mol. The summed E-state index contributed by atoms with van der Waals surface area (Å²) in [6.07, 6.45) is -1.01. The highest BCUT2D eigenvalue weighted by Gasteiger charge is 2.30. The molecule has 0 saturated carbocycles. The molecule has 2 aromatic carbocycles. The molecule has 0 fully saturated rings. The van der Waals surface area contributed by atoms with Crippen LogP contribution in [0, 0.1) is 0 Å². The van der Waals surface area contributed by atoms with Gasteiger partial charge in [-0.3, -0.25) is 0 Å². The molecule has 0 aliphatic carbocycles. The highest BCUT2D eigenvalue weighted by Crippen LogP contribution is 2.27. The average Bonchev–Trinajstić information content (AvgIpc) is 2.59. The minimum absolute atomic E-state index is 0.228. The molecule has 0 N–H and O–H groups in total. The molecule has 94 valence electrons. The fourth-order valence-electron chi connectivity index (χ4n) is 1.93. The number of carbonyl (C=O) groups excluding carboxylic acids is 2. The molecule has 3 rings (SSSR count). The van der Waals surface area contributed by atoms with Crippen molar-refractivity contribution in [1.29, 1.82) is 0 Å². The van der Waals surface area contributed by atoms with E-state index in [1.165, 1.54) is 0 Å². The van der Waals surface area contributed by atoms with Crippen molar-refractivity contribution in [3.63, 3.8) is 0 Å². The maximum Gasteiger partial charge on any atom is 0.342 e. The van der Waals surface area contributed by atoms with Gasteiger partial charge in [0.2, 0.25) is 0 Å². The number of carbonyl (C=O) groups is 2. The number of benzene rings is 2. The SMILES string of the molecule is O=C1OC(c2ccccc2)OC(=O)c2ccccc21. The van der Waals surface area contributed by atoms with E-state index in [4.69, 9.17) is 9.47 Å². The van der Waals surface area contributed by atoms with Crippen molar-refractivity contribution >= 4 is 11.9 Å². The third kappa shape index (κ3) is 2.08. The summed E-state index contributed by atoms with van der Waals surface area (Å²) in [5.74, 6) is -1.12. The van der Waals surface area contributed by atoms with Crippen LogP contribution in [-0.2, 0) is 9.47 Å². The molecule has 0 saturated heterocycles. The Balaban J connectivity index is 2.00. The van der Waals surface area contributed by atoms with Crippen LogP contribution < -0.4 is 0 Å². The molecule has 1 aliphatic rings. The molecule has 0 radical (unpaired) electrons. The summed E-state index contributed by atoms with van der Waals surface area (Å²) in [4.78, 5) is 24.0. The highest BCUT2D eigenvalue weighted by atomic mass is 16.7. The number of hydrogen-bond acceptors (Lipinski definition) is 4. The Morgan fingerprint density at radius 2 is 1.16 bits per heavy atom. The summed E-state index contributed by atoms with van der Waals surface area (Å²) in [5, 5.41) is 0. The molecule has 0 unspecified atom stereocenters. The maximum absolute atomic E-state index is 12.0. The number of cyclic esters (lactones) is 2. The summed E-state index contributed by atoms with van der Waals surface area (Å²) in [6.45, 7) is 0. The van der Waals surface area contributed by atoms with Gasteiger partial charge in [-0.15, -0.1) is 0 Å². The van der Waals surface area contributed by atoms with Crippen LogP contribution in [0.25, 0.3) is 0 Å². The van der Waals surface area contributed by atoms with Gasteiger partial charge in [0.25, 0.3) is 6.29 Å². The lowest BCUT2D eigenvalue weighted by molar-refractivity contribution is -0.0785. The summed E-state index contributed by atoms with van der Waals surface area (Å²) < 4.78 is 10.4. The normalized spacial score (nSPS) is 15.2. The Kier molecular flexibility index (Phi) is 2.76. The number of esters is 2. The Morgan fingerprint density at radius 3 is 1.68 bits per heavy atom. The van der Waals surface area contributed by atoms with Crippen LogP contribution >= 0.6 is 0 Å². The molecule has 0 aromatic heterocycles. The van der Waals surface area contributed by atoms with Crippen LogP contribution in [0.3, 0.4) is 0 Å². The van der Waals surface area contributed by atoms with Crippen LogP contribution in [0.4, 0.5) is 0 Å². The first-order valence-electron chi connectivity index (χ1n) is 5.81. The Morgan fingerprint density at radius 1 is 0.684 bits per heavy atom. The quantitative estimate of drug-likeness (QED) is 0.734. The van der Waals surface area contributed by atoms with Gasteiger partial charge in [-0.25, -0.2) is 9.59 Å². The smallest absolute Gasteiger partial charge is 0.342 e. The van der Waals surface area contributed by atoms with Crippen molar-refractivity contribution in [2.75, 3.05) is 0 Å². The van der Waals surface area contributed by atoms with E-state index in [9.17, 15) is 9.59 Å². The molecule has 0 amide bonds. The van der Waals surface area contributed by atoms with Crippen molar-refractivity contribution in [2.45, 2.75) is 6.29 Å². The highest BCUT2D eigenvalue weighted by molar-refractivity contribution is 6.04. The van der Waals surface area contributed by atoms with Gasteiger partial charge in [-0.1, -0.05) is 42.5 Å². The van der Waals surface area contributed by atoms with E-state index in [-0.39, 0.29) is 11.1 Å². The molecule has 4 nitrogen and oxygen atoms in total. The number of rotatable bonds is 1. The molecule has 0 spiro atoms. The minimum atomic E-state index is -1.01.